The molecule has 1 aliphatic rings. The highest BCUT2D eigenvalue weighted by Crippen LogP contribution is 2.26. The Morgan fingerprint density at radius 2 is 2.00 bits per heavy atom. The summed E-state index contributed by atoms with van der Waals surface area (Å²) in [6, 6.07) is 4.28. The van der Waals surface area contributed by atoms with Crippen molar-refractivity contribution in [2.24, 2.45) is 0 Å². The Morgan fingerprint density at radius 3 is 2.70 bits per heavy atom. The van der Waals surface area contributed by atoms with Crippen LogP contribution in [0, 0.1) is 11.6 Å². The summed E-state index contributed by atoms with van der Waals surface area (Å²) in [5.41, 5.74) is 0.402. The van der Waals surface area contributed by atoms with E-state index in [4.69, 9.17) is 0 Å². The summed E-state index contributed by atoms with van der Waals surface area (Å²) in [4.78, 5) is 4.48. The SMILES string of the molecule is CNC(c1cccc(F)c1F)C1CN(C)CCCN1C. The molecule has 1 aromatic carbocycles. The molecule has 1 aromatic rings. The monoisotopic (exact) mass is 283 g/mol. The van der Waals surface area contributed by atoms with Crippen molar-refractivity contribution in [1.82, 2.24) is 15.1 Å². The quantitative estimate of drug-likeness (QED) is 0.913. The summed E-state index contributed by atoms with van der Waals surface area (Å²) in [6.45, 7) is 2.82. The highest BCUT2D eigenvalue weighted by molar-refractivity contribution is 5.24. The number of nitrogens with zero attached hydrogens (tertiary/aromatic N) is 2. The van der Waals surface area contributed by atoms with Crippen LogP contribution in [0.25, 0.3) is 0 Å². The minimum absolute atomic E-state index is 0.115. The molecule has 5 heteroatoms. The molecule has 20 heavy (non-hydrogen) atoms. The lowest BCUT2D eigenvalue weighted by Crippen LogP contribution is -2.46. The largest absolute Gasteiger partial charge is 0.312 e. The molecule has 0 bridgehead atoms. The van der Waals surface area contributed by atoms with Gasteiger partial charge in [-0.3, -0.25) is 0 Å². The predicted molar refractivity (Wildman–Crippen MR) is 76.7 cm³/mol. The highest BCUT2D eigenvalue weighted by Gasteiger charge is 2.30. The lowest BCUT2D eigenvalue weighted by Gasteiger charge is -2.34. The van der Waals surface area contributed by atoms with E-state index in [2.05, 4.69) is 22.2 Å². The van der Waals surface area contributed by atoms with E-state index in [0.29, 0.717) is 5.56 Å². The van der Waals surface area contributed by atoms with E-state index in [1.165, 1.54) is 0 Å². The van der Waals surface area contributed by atoms with Gasteiger partial charge in [-0.15, -0.1) is 0 Å². The fourth-order valence-electron chi connectivity index (χ4n) is 2.98. The van der Waals surface area contributed by atoms with Crippen LogP contribution in [0.3, 0.4) is 0 Å². The second-order valence-corrected chi connectivity index (χ2v) is 5.57. The van der Waals surface area contributed by atoms with Crippen LogP contribution >= 0.6 is 0 Å². The average molecular weight is 283 g/mol. The van der Waals surface area contributed by atoms with Crippen molar-refractivity contribution in [3.63, 3.8) is 0 Å². The molecule has 112 valence electrons. The maximum atomic E-state index is 14.1. The summed E-state index contributed by atoms with van der Waals surface area (Å²) in [5.74, 6) is -1.53. The van der Waals surface area contributed by atoms with Crippen LogP contribution in [0.1, 0.15) is 18.0 Å². The van der Waals surface area contributed by atoms with Gasteiger partial charge in [-0.05, 0) is 46.7 Å². The molecular weight excluding hydrogens is 260 g/mol. The number of hydrogen-bond acceptors (Lipinski definition) is 3. The van der Waals surface area contributed by atoms with Gasteiger partial charge in [0, 0.05) is 18.2 Å². The lowest BCUT2D eigenvalue weighted by molar-refractivity contribution is 0.180. The maximum Gasteiger partial charge on any atom is 0.163 e. The Labute approximate surface area is 119 Å². The number of halogens is 2. The van der Waals surface area contributed by atoms with E-state index in [0.717, 1.165) is 32.1 Å². The van der Waals surface area contributed by atoms with Crippen molar-refractivity contribution in [3.05, 3.63) is 35.4 Å². The molecule has 1 N–H and O–H groups in total. The first-order valence-corrected chi connectivity index (χ1v) is 7.04. The van der Waals surface area contributed by atoms with Crippen LogP contribution in [-0.4, -0.2) is 56.6 Å². The first-order chi connectivity index (χ1) is 9.54. The summed E-state index contributed by atoms with van der Waals surface area (Å²) < 4.78 is 27.5. The van der Waals surface area contributed by atoms with Gasteiger partial charge in [0.1, 0.15) is 0 Å². The van der Waals surface area contributed by atoms with Crippen LogP contribution in [-0.2, 0) is 0 Å². The minimum atomic E-state index is -0.785. The standard InChI is InChI=1S/C15H23F2N3/c1-18-15(11-6-4-7-12(16)14(11)17)13-10-19(2)8-5-9-20(13)3/h4,6-7,13,15,18H,5,8-10H2,1-3H3. The second kappa shape index (κ2) is 6.61. The van der Waals surface area contributed by atoms with E-state index in [1.54, 1.807) is 19.2 Å². The van der Waals surface area contributed by atoms with Gasteiger partial charge in [0.05, 0.1) is 6.04 Å². The molecule has 0 saturated carbocycles. The molecule has 1 aliphatic heterocycles. The van der Waals surface area contributed by atoms with Gasteiger partial charge in [-0.2, -0.15) is 0 Å². The van der Waals surface area contributed by atoms with Crippen LogP contribution < -0.4 is 5.32 Å². The Balaban J connectivity index is 2.32. The average Bonchev–Trinajstić information content (AvgIpc) is 2.58. The zero-order valence-electron chi connectivity index (χ0n) is 12.4. The Morgan fingerprint density at radius 1 is 1.25 bits per heavy atom. The molecule has 0 aliphatic carbocycles. The van der Waals surface area contributed by atoms with E-state index in [1.807, 2.05) is 7.05 Å². The summed E-state index contributed by atoms with van der Waals surface area (Å²) >= 11 is 0. The van der Waals surface area contributed by atoms with Gasteiger partial charge in [0.25, 0.3) is 0 Å². The molecule has 1 heterocycles. The highest BCUT2D eigenvalue weighted by atomic mass is 19.2. The molecule has 1 fully saturated rings. The van der Waals surface area contributed by atoms with Crippen molar-refractivity contribution in [2.45, 2.75) is 18.5 Å². The van der Waals surface area contributed by atoms with Crippen molar-refractivity contribution >= 4 is 0 Å². The van der Waals surface area contributed by atoms with Crippen LogP contribution in [0.15, 0.2) is 18.2 Å². The van der Waals surface area contributed by atoms with Crippen molar-refractivity contribution in [2.75, 3.05) is 40.8 Å². The first-order valence-electron chi connectivity index (χ1n) is 7.04. The van der Waals surface area contributed by atoms with Crippen molar-refractivity contribution in [1.29, 1.82) is 0 Å². The third-order valence-electron chi connectivity index (χ3n) is 4.13. The zero-order chi connectivity index (χ0) is 14.7. The molecular formula is C15H23F2N3. The molecule has 0 spiro atoms. The Hall–Kier alpha value is -1.04. The maximum absolute atomic E-state index is 14.1. The van der Waals surface area contributed by atoms with Gasteiger partial charge < -0.3 is 15.1 Å². The van der Waals surface area contributed by atoms with E-state index >= 15 is 0 Å². The normalized spacial score (nSPS) is 23.6. The molecule has 2 unspecified atom stereocenters. The molecule has 3 nitrogen and oxygen atoms in total. The molecule has 1 saturated heterocycles. The predicted octanol–water partition coefficient (Wildman–Crippen LogP) is 1.86. The van der Waals surface area contributed by atoms with Crippen molar-refractivity contribution in [3.8, 4) is 0 Å². The Bertz CT molecular complexity index is 453. The second-order valence-electron chi connectivity index (χ2n) is 5.57. The molecule has 0 amide bonds. The number of rotatable bonds is 3. The lowest BCUT2D eigenvalue weighted by atomic mass is 9.97. The third-order valence-corrected chi connectivity index (χ3v) is 4.13. The zero-order valence-corrected chi connectivity index (χ0v) is 12.4. The summed E-state index contributed by atoms with van der Waals surface area (Å²) in [6.07, 6.45) is 1.09. The van der Waals surface area contributed by atoms with Gasteiger partial charge in [-0.25, -0.2) is 8.78 Å². The Kier molecular flexibility index (Phi) is 5.07. The molecule has 0 radical (unpaired) electrons. The van der Waals surface area contributed by atoms with Crippen LogP contribution in [0.2, 0.25) is 0 Å². The molecule has 2 rings (SSSR count). The van der Waals surface area contributed by atoms with E-state index in [-0.39, 0.29) is 12.1 Å². The van der Waals surface area contributed by atoms with Crippen LogP contribution in [0.4, 0.5) is 8.78 Å². The summed E-state index contributed by atoms with van der Waals surface area (Å²) in [7, 11) is 5.92. The smallest absolute Gasteiger partial charge is 0.163 e. The third kappa shape index (κ3) is 3.16. The molecule has 2 atom stereocenters. The fraction of sp³-hybridized carbons (Fsp3) is 0.600. The first kappa shape index (κ1) is 15.4. The van der Waals surface area contributed by atoms with Gasteiger partial charge in [0.15, 0.2) is 11.6 Å². The number of likely N-dealkylation sites (N-methyl/N-ethyl adjacent to an activating group) is 3. The summed E-state index contributed by atoms with van der Waals surface area (Å²) in [5, 5.41) is 3.16. The number of benzene rings is 1. The molecule has 0 aromatic heterocycles. The van der Waals surface area contributed by atoms with Crippen molar-refractivity contribution < 1.29 is 8.78 Å². The van der Waals surface area contributed by atoms with Gasteiger partial charge in [0.2, 0.25) is 0 Å². The van der Waals surface area contributed by atoms with Gasteiger partial charge >= 0.3 is 0 Å². The fourth-order valence-corrected chi connectivity index (χ4v) is 2.98. The minimum Gasteiger partial charge on any atom is -0.312 e. The van der Waals surface area contributed by atoms with Gasteiger partial charge in [-0.1, -0.05) is 12.1 Å². The van der Waals surface area contributed by atoms with E-state index < -0.39 is 11.6 Å². The van der Waals surface area contributed by atoms with E-state index in [9.17, 15) is 8.78 Å². The topological polar surface area (TPSA) is 18.5 Å². The number of hydrogen-bond donors (Lipinski definition) is 1. The van der Waals surface area contributed by atoms with Crippen LogP contribution in [0.5, 0.6) is 0 Å². The number of nitrogens with one attached hydrogen (secondary N) is 1.